The number of nitrogens with two attached hydrogens (primary N) is 1. The Labute approximate surface area is 111 Å². The SMILES string of the molecule is COc1cncc(NS(=O)(=O)c2ccc(N)cc2)c1. The predicted octanol–water partition coefficient (Wildman–Crippen LogP) is 1.47. The van der Waals surface area contributed by atoms with Crippen molar-refractivity contribution in [2.45, 2.75) is 4.90 Å². The van der Waals surface area contributed by atoms with E-state index in [-0.39, 0.29) is 4.90 Å². The van der Waals surface area contributed by atoms with E-state index < -0.39 is 10.0 Å². The van der Waals surface area contributed by atoms with Crippen LogP contribution in [0.25, 0.3) is 0 Å². The first-order valence-corrected chi connectivity index (χ1v) is 6.87. The summed E-state index contributed by atoms with van der Waals surface area (Å²) in [5.74, 6) is 0.470. The molecule has 0 aliphatic heterocycles. The molecule has 2 rings (SSSR count). The van der Waals surface area contributed by atoms with E-state index in [0.29, 0.717) is 17.1 Å². The molecule has 0 unspecified atom stereocenters. The third kappa shape index (κ3) is 3.14. The number of rotatable bonds is 4. The molecule has 2 aromatic rings. The van der Waals surface area contributed by atoms with Crippen molar-refractivity contribution in [3.63, 3.8) is 0 Å². The van der Waals surface area contributed by atoms with Crippen molar-refractivity contribution in [2.24, 2.45) is 0 Å². The molecular weight excluding hydrogens is 266 g/mol. The van der Waals surface area contributed by atoms with Crippen LogP contribution in [0.1, 0.15) is 0 Å². The van der Waals surface area contributed by atoms with E-state index in [9.17, 15) is 8.42 Å². The third-order valence-corrected chi connectivity index (χ3v) is 3.79. The molecule has 0 radical (unpaired) electrons. The summed E-state index contributed by atoms with van der Waals surface area (Å²) in [5, 5.41) is 0. The Kier molecular flexibility index (Phi) is 3.57. The van der Waals surface area contributed by atoms with Gasteiger partial charge in [-0.3, -0.25) is 9.71 Å². The van der Waals surface area contributed by atoms with Gasteiger partial charge in [-0.1, -0.05) is 0 Å². The van der Waals surface area contributed by atoms with Crippen molar-refractivity contribution in [1.29, 1.82) is 0 Å². The van der Waals surface area contributed by atoms with Gasteiger partial charge in [-0.05, 0) is 24.3 Å². The summed E-state index contributed by atoms with van der Waals surface area (Å²) in [7, 11) is -2.17. The molecule has 0 atom stereocenters. The second-order valence-electron chi connectivity index (χ2n) is 3.79. The molecule has 0 saturated heterocycles. The maximum atomic E-state index is 12.1. The lowest BCUT2D eigenvalue weighted by Crippen LogP contribution is -2.13. The van der Waals surface area contributed by atoms with Crippen molar-refractivity contribution in [3.05, 3.63) is 42.7 Å². The van der Waals surface area contributed by atoms with Crippen LogP contribution >= 0.6 is 0 Å². The molecule has 7 heteroatoms. The van der Waals surface area contributed by atoms with Gasteiger partial charge in [0.1, 0.15) is 5.75 Å². The average Bonchev–Trinajstić information content (AvgIpc) is 2.39. The number of nitrogens with zero attached hydrogens (tertiary/aromatic N) is 1. The summed E-state index contributed by atoms with van der Waals surface area (Å²) in [6, 6.07) is 7.47. The second-order valence-corrected chi connectivity index (χ2v) is 5.47. The molecule has 0 bridgehead atoms. The molecule has 0 amide bonds. The Morgan fingerprint density at radius 3 is 2.53 bits per heavy atom. The predicted molar refractivity (Wildman–Crippen MR) is 72.5 cm³/mol. The number of sulfonamides is 1. The topological polar surface area (TPSA) is 94.3 Å². The number of nitrogens with one attached hydrogen (secondary N) is 1. The lowest BCUT2D eigenvalue weighted by Gasteiger charge is -2.08. The normalized spacial score (nSPS) is 11.0. The quantitative estimate of drug-likeness (QED) is 0.826. The fraction of sp³-hybridized carbons (Fsp3) is 0.0833. The van der Waals surface area contributed by atoms with Gasteiger partial charge in [-0.2, -0.15) is 0 Å². The Morgan fingerprint density at radius 1 is 1.21 bits per heavy atom. The van der Waals surface area contributed by atoms with E-state index in [1.165, 1.54) is 43.8 Å². The van der Waals surface area contributed by atoms with Gasteiger partial charge in [-0.25, -0.2) is 8.42 Å². The maximum Gasteiger partial charge on any atom is 0.261 e. The van der Waals surface area contributed by atoms with Crippen LogP contribution in [-0.4, -0.2) is 20.5 Å². The Hall–Kier alpha value is -2.28. The fourth-order valence-corrected chi connectivity index (χ4v) is 2.48. The molecule has 1 aromatic carbocycles. The average molecular weight is 279 g/mol. The number of ether oxygens (including phenoxy) is 1. The van der Waals surface area contributed by atoms with E-state index in [2.05, 4.69) is 9.71 Å². The Morgan fingerprint density at radius 2 is 1.89 bits per heavy atom. The summed E-state index contributed by atoms with van der Waals surface area (Å²) in [4.78, 5) is 4.00. The molecule has 6 nitrogen and oxygen atoms in total. The second kappa shape index (κ2) is 5.15. The van der Waals surface area contributed by atoms with Crippen LogP contribution in [0.15, 0.2) is 47.6 Å². The first-order chi connectivity index (χ1) is 9.01. The number of pyridine rings is 1. The lowest BCUT2D eigenvalue weighted by molar-refractivity contribution is 0.413. The van der Waals surface area contributed by atoms with Crippen LogP contribution < -0.4 is 15.2 Å². The molecule has 0 aliphatic rings. The molecule has 0 spiro atoms. The maximum absolute atomic E-state index is 12.1. The first-order valence-electron chi connectivity index (χ1n) is 5.39. The number of nitrogen functional groups attached to an aromatic ring is 1. The van der Waals surface area contributed by atoms with Crippen LogP contribution in [0.3, 0.4) is 0 Å². The van der Waals surface area contributed by atoms with Gasteiger partial charge in [0.05, 0.1) is 30.1 Å². The molecule has 1 aromatic heterocycles. The molecule has 3 N–H and O–H groups in total. The monoisotopic (exact) mass is 279 g/mol. The minimum absolute atomic E-state index is 0.129. The highest BCUT2D eigenvalue weighted by Gasteiger charge is 2.14. The molecule has 19 heavy (non-hydrogen) atoms. The number of hydrogen-bond acceptors (Lipinski definition) is 5. The summed E-state index contributed by atoms with van der Waals surface area (Å²) in [5.41, 5.74) is 6.35. The number of aromatic nitrogens is 1. The molecule has 0 saturated carbocycles. The minimum Gasteiger partial charge on any atom is -0.495 e. The highest BCUT2D eigenvalue weighted by molar-refractivity contribution is 7.92. The van der Waals surface area contributed by atoms with Crippen LogP contribution in [0.4, 0.5) is 11.4 Å². The Bertz CT molecular complexity index is 669. The number of methoxy groups -OCH3 is 1. The summed E-state index contributed by atoms with van der Waals surface area (Å²) in [6.07, 6.45) is 2.89. The van der Waals surface area contributed by atoms with Crippen molar-refractivity contribution in [3.8, 4) is 5.75 Å². The number of benzene rings is 1. The first kappa shape index (κ1) is 13.2. The van der Waals surface area contributed by atoms with E-state index in [1.807, 2.05) is 0 Å². The van der Waals surface area contributed by atoms with Crippen LogP contribution in [0, 0.1) is 0 Å². The van der Waals surface area contributed by atoms with Crippen molar-refractivity contribution in [1.82, 2.24) is 4.98 Å². The van der Waals surface area contributed by atoms with Crippen LogP contribution in [0.2, 0.25) is 0 Å². The fourth-order valence-electron chi connectivity index (χ4n) is 1.45. The van der Waals surface area contributed by atoms with Gasteiger partial charge < -0.3 is 10.5 Å². The molecule has 1 heterocycles. The van der Waals surface area contributed by atoms with E-state index >= 15 is 0 Å². The standard InChI is InChI=1S/C12H13N3O3S/c1-18-11-6-10(7-14-8-11)15-19(16,17)12-4-2-9(13)3-5-12/h2-8,15H,13H2,1H3. The zero-order chi connectivity index (χ0) is 13.9. The molecular formula is C12H13N3O3S. The van der Waals surface area contributed by atoms with Gasteiger partial charge >= 0.3 is 0 Å². The van der Waals surface area contributed by atoms with Gasteiger partial charge in [0, 0.05) is 11.8 Å². The highest BCUT2D eigenvalue weighted by Crippen LogP contribution is 2.19. The molecule has 100 valence electrons. The number of hydrogen-bond donors (Lipinski definition) is 2. The highest BCUT2D eigenvalue weighted by atomic mass is 32.2. The largest absolute Gasteiger partial charge is 0.495 e. The zero-order valence-electron chi connectivity index (χ0n) is 10.2. The summed E-state index contributed by atoms with van der Waals surface area (Å²) < 4.78 is 31.6. The summed E-state index contributed by atoms with van der Waals surface area (Å²) in [6.45, 7) is 0. The van der Waals surface area contributed by atoms with E-state index in [4.69, 9.17) is 10.5 Å². The van der Waals surface area contributed by atoms with Gasteiger partial charge in [-0.15, -0.1) is 0 Å². The zero-order valence-corrected chi connectivity index (χ0v) is 11.0. The lowest BCUT2D eigenvalue weighted by atomic mass is 10.3. The third-order valence-electron chi connectivity index (χ3n) is 2.39. The minimum atomic E-state index is -3.66. The number of anilines is 2. The van der Waals surface area contributed by atoms with Crippen LogP contribution in [0.5, 0.6) is 5.75 Å². The van der Waals surface area contributed by atoms with E-state index in [1.54, 1.807) is 6.07 Å². The van der Waals surface area contributed by atoms with Gasteiger partial charge in [0.2, 0.25) is 0 Å². The summed E-state index contributed by atoms with van der Waals surface area (Å²) >= 11 is 0. The van der Waals surface area contributed by atoms with Crippen molar-refractivity contribution in [2.75, 3.05) is 17.6 Å². The van der Waals surface area contributed by atoms with Crippen molar-refractivity contribution >= 4 is 21.4 Å². The van der Waals surface area contributed by atoms with Crippen molar-refractivity contribution < 1.29 is 13.2 Å². The van der Waals surface area contributed by atoms with Crippen LogP contribution in [-0.2, 0) is 10.0 Å². The van der Waals surface area contributed by atoms with E-state index in [0.717, 1.165) is 0 Å². The smallest absolute Gasteiger partial charge is 0.261 e. The Balaban J connectivity index is 2.28. The molecule has 0 aliphatic carbocycles. The molecule has 0 fully saturated rings. The van der Waals surface area contributed by atoms with Gasteiger partial charge in [0.25, 0.3) is 10.0 Å². The van der Waals surface area contributed by atoms with Gasteiger partial charge in [0.15, 0.2) is 0 Å².